The third-order valence-corrected chi connectivity index (χ3v) is 4.98. The Labute approximate surface area is 172 Å². The number of rotatable bonds is 6. The molecule has 0 amide bonds. The van der Waals surface area contributed by atoms with Crippen molar-refractivity contribution in [1.82, 2.24) is 0 Å². The summed E-state index contributed by atoms with van der Waals surface area (Å²) in [6.07, 6.45) is -0.273. The summed E-state index contributed by atoms with van der Waals surface area (Å²) in [5.74, 6) is -2.25. The predicted octanol–water partition coefficient (Wildman–Crippen LogP) is 4.96. The minimum Gasteiger partial charge on any atom is -0.479 e. The molecule has 164 valence electrons. The fourth-order valence-corrected chi connectivity index (χ4v) is 3.32. The standard InChI is InChI=1S/C20H21F3O6S/c1-6-12-7-8-14-13(10-12)9-11(2)15(17(18(24)25)28-19(3,4)5)16(14)29-30(26,27)20(21,22)23/h6-10,17H,1H2,2-5H3,(H,24,25)/t17-/m0/s1. The summed E-state index contributed by atoms with van der Waals surface area (Å²) in [6, 6.07) is 5.91. The van der Waals surface area contributed by atoms with E-state index in [4.69, 9.17) is 4.74 Å². The maximum atomic E-state index is 13.0. The Morgan fingerprint density at radius 1 is 1.20 bits per heavy atom. The smallest absolute Gasteiger partial charge is 0.479 e. The van der Waals surface area contributed by atoms with Crippen LogP contribution in [0.2, 0.25) is 0 Å². The number of halogens is 3. The largest absolute Gasteiger partial charge is 0.534 e. The predicted molar refractivity (Wildman–Crippen MR) is 106 cm³/mol. The number of hydrogen-bond acceptors (Lipinski definition) is 5. The number of fused-ring (bicyclic) bond motifs is 1. The van der Waals surface area contributed by atoms with Crippen LogP contribution in [0.1, 0.15) is 43.6 Å². The number of aliphatic carboxylic acids is 1. The maximum Gasteiger partial charge on any atom is 0.534 e. The molecular formula is C20H21F3O6S. The summed E-state index contributed by atoms with van der Waals surface area (Å²) in [5.41, 5.74) is -6.21. The third-order valence-electron chi connectivity index (χ3n) is 4.03. The topological polar surface area (TPSA) is 89.9 Å². The Kier molecular flexibility index (Phi) is 6.25. The number of ether oxygens (including phenoxy) is 1. The zero-order chi connectivity index (χ0) is 23.1. The van der Waals surface area contributed by atoms with Crippen LogP contribution in [0, 0.1) is 6.92 Å². The molecule has 2 rings (SSSR count). The molecule has 2 aromatic carbocycles. The van der Waals surface area contributed by atoms with Gasteiger partial charge in [-0.25, -0.2) is 4.79 Å². The Bertz CT molecular complexity index is 1100. The van der Waals surface area contributed by atoms with Gasteiger partial charge in [0.1, 0.15) is 0 Å². The molecule has 1 atom stereocenters. The molecule has 6 nitrogen and oxygen atoms in total. The van der Waals surface area contributed by atoms with Gasteiger partial charge in [-0.05, 0) is 56.3 Å². The molecule has 0 aliphatic rings. The second kappa shape index (κ2) is 7.92. The number of alkyl halides is 3. The minimum atomic E-state index is -6.07. The van der Waals surface area contributed by atoms with Gasteiger partial charge >= 0.3 is 21.6 Å². The summed E-state index contributed by atoms with van der Waals surface area (Å²) >= 11 is 0. The van der Waals surface area contributed by atoms with E-state index in [0.29, 0.717) is 10.9 Å². The molecule has 1 N–H and O–H groups in total. The fourth-order valence-electron chi connectivity index (χ4n) is 2.83. The van der Waals surface area contributed by atoms with E-state index in [-0.39, 0.29) is 16.5 Å². The van der Waals surface area contributed by atoms with Crippen LogP contribution >= 0.6 is 0 Å². The Balaban J connectivity index is 2.91. The molecule has 0 fully saturated rings. The fraction of sp³-hybridized carbons (Fsp3) is 0.350. The quantitative estimate of drug-likeness (QED) is 0.498. The Hall–Kier alpha value is -2.59. The molecule has 0 aliphatic heterocycles. The molecule has 0 heterocycles. The molecule has 0 aliphatic carbocycles. The molecule has 2 aromatic rings. The SMILES string of the molecule is C=Cc1ccc2c(OS(=O)(=O)C(F)(F)F)c([C@H](OC(C)(C)C)C(=O)O)c(C)cc2c1. The van der Waals surface area contributed by atoms with Crippen molar-refractivity contribution in [3.8, 4) is 5.75 Å². The van der Waals surface area contributed by atoms with Crippen LogP contribution in [0.5, 0.6) is 5.75 Å². The first-order chi connectivity index (χ1) is 13.6. The molecule has 0 aromatic heterocycles. The molecular weight excluding hydrogens is 425 g/mol. The number of carbonyl (C=O) groups is 1. The van der Waals surface area contributed by atoms with Crippen molar-refractivity contribution in [2.75, 3.05) is 0 Å². The lowest BCUT2D eigenvalue weighted by atomic mass is 9.95. The number of benzene rings is 2. The summed E-state index contributed by atoms with van der Waals surface area (Å²) in [7, 11) is -6.07. The summed E-state index contributed by atoms with van der Waals surface area (Å²) in [4.78, 5) is 11.9. The lowest BCUT2D eigenvalue weighted by Crippen LogP contribution is -2.31. The number of aryl methyl sites for hydroxylation is 1. The molecule has 0 bridgehead atoms. The van der Waals surface area contributed by atoms with Crippen LogP contribution in [0.15, 0.2) is 30.8 Å². The highest BCUT2D eigenvalue weighted by Gasteiger charge is 2.49. The van der Waals surface area contributed by atoms with Gasteiger partial charge in [0.25, 0.3) is 0 Å². The summed E-state index contributed by atoms with van der Waals surface area (Å²) in [5, 5.41) is 10.0. The van der Waals surface area contributed by atoms with E-state index in [1.165, 1.54) is 31.2 Å². The van der Waals surface area contributed by atoms with Crippen molar-refractivity contribution in [3.05, 3.63) is 47.5 Å². The van der Waals surface area contributed by atoms with Crippen molar-refractivity contribution >= 4 is 32.9 Å². The van der Waals surface area contributed by atoms with Gasteiger partial charge in [-0.1, -0.05) is 24.8 Å². The van der Waals surface area contributed by atoms with Crippen molar-refractivity contribution in [2.24, 2.45) is 0 Å². The molecule has 0 saturated heterocycles. The van der Waals surface area contributed by atoms with Gasteiger partial charge in [-0.15, -0.1) is 0 Å². The maximum absolute atomic E-state index is 13.0. The zero-order valence-electron chi connectivity index (χ0n) is 16.7. The zero-order valence-corrected chi connectivity index (χ0v) is 17.5. The van der Waals surface area contributed by atoms with E-state index in [1.807, 2.05) is 0 Å². The second-order valence-electron chi connectivity index (χ2n) is 7.55. The molecule has 0 radical (unpaired) electrons. The Morgan fingerprint density at radius 3 is 2.27 bits per heavy atom. The van der Waals surface area contributed by atoms with Gasteiger partial charge in [0, 0.05) is 10.9 Å². The summed E-state index contributed by atoms with van der Waals surface area (Å²) in [6.45, 7) is 9.72. The van der Waals surface area contributed by atoms with E-state index in [9.17, 15) is 31.5 Å². The van der Waals surface area contributed by atoms with Gasteiger partial charge in [0.05, 0.1) is 5.60 Å². The lowest BCUT2D eigenvalue weighted by Gasteiger charge is -2.28. The first-order valence-corrected chi connectivity index (χ1v) is 10.1. The lowest BCUT2D eigenvalue weighted by molar-refractivity contribution is -0.160. The van der Waals surface area contributed by atoms with Crippen molar-refractivity contribution < 1.29 is 40.4 Å². The van der Waals surface area contributed by atoms with Crippen LogP contribution in [0.3, 0.4) is 0 Å². The van der Waals surface area contributed by atoms with Crippen LogP contribution in [-0.4, -0.2) is 30.6 Å². The van der Waals surface area contributed by atoms with E-state index in [2.05, 4.69) is 10.8 Å². The van der Waals surface area contributed by atoms with Crippen molar-refractivity contribution in [2.45, 2.75) is 44.9 Å². The average molecular weight is 446 g/mol. The van der Waals surface area contributed by atoms with Gasteiger partial charge < -0.3 is 14.0 Å². The van der Waals surface area contributed by atoms with Gasteiger partial charge in [-0.3, -0.25) is 0 Å². The average Bonchev–Trinajstić information content (AvgIpc) is 2.57. The van der Waals surface area contributed by atoms with Gasteiger partial charge in [0.2, 0.25) is 0 Å². The van der Waals surface area contributed by atoms with Crippen molar-refractivity contribution in [3.63, 3.8) is 0 Å². The first kappa shape index (κ1) is 23.7. The highest BCUT2D eigenvalue weighted by molar-refractivity contribution is 7.88. The number of carboxylic acid groups (broad SMARTS) is 1. The first-order valence-electron chi connectivity index (χ1n) is 8.68. The highest BCUT2D eigenvalue weighted by Crippen LogP contribution is 2.42. The number of hydrogen-bond donors (Lipinski definition) is 1. The monoisotopic (exact) mass is 446 g/mol. The van der Waals surface area contributed by atoms with Crippen molar-refractivity contribution in [1.29, 1.82) is 0 Å². The third kappa shape index (κ3) is 4.93. The number of carboxylic acids is 1. The van der Waals surface area contributed by atoms with E-state index in [0.717, 1.165) is 0 Å². The highest BCUT2D eigenvalue weighted by atomic mass is 32.2. The molecule has 0 spiro atoms. The Morgan fingerprint density at radius 2 is 1.80 bits per heavy atom. The normalized spacial score (nSPS) is 13.8. The van der Waals surface area contributed by atoms with E-state index >= 15 is 0 Å². The van der Waals surface area contributed by atoms with Crippen LogP contribution in [0.4, 0.5) is 13.2 Å². The van der Waals surface area contributed by atoms with Gasteiger partial charge in [0.15, 0.2) is 11.9 Å². The summed E-state index contributed by atoms with van der Waals surface area (Å²) < 4.78 is 72.7. The minimum absolute atomic E-state index is 0.0159. The molecule has 0 unspecified atom stereocenters. The van der Waals surface area contributed by atoms with Crippen LogP contribution < -0.4 is 4.18 Å². The van der Waals surface area contributed by atoms with Crippen LogP contribution in [-0.2, 0) is 19.6 Å². The van der Waals surface area contributed by atoms with E-state index < -0.39 is 39.1 Å². The van der Waals surface area contributed by atoms with Crippen LogP contribution in [0.25, 0.3) is 16.8 Å². The molecule has 10 heteroatoms. The second-order valence-corrected chi connectivity index (χ2v) is 9.09. The molecule has 0 saturated carbocycles. The van der Waals surface area contributed by atoms with E-state index in [1.54, 1.807) is 26.8 Å². The molecule has 30 heavy (non-hydrogen) atoms. The van der Waals surface area contributed by atoms with Gasteiger partial charge in [-0.2, -0.15) is 21.6 Å².